The van der Waals surface area contributed by atoms with Crippen LogP contribution >= 0.6 is 15.9 Å². The van der Waals surface area contributed by atoms with E-state index in [2.05, 4.69) is 56.7 Å². The van der Waals surface area contributed by atoms with E-state index >= 15 is 0 Å². The lowest BCUT2D eigenvalue weighted by atomic mass is 10.1. The van der Waals surface area contributed by atoms with Gasteiger partial charge in [-0.25, -0.2) is 0 Å². The van der Waals surface area contributed by atoms with Gasteiger partial charge in [0.05, 0.1) is 15.9 Å². The standard InChI is InChI=1S/C15H27BrN4/c1-4-20-14(15(16)13(3)18-20)10-17-12(2)11-19-8-6-5-7-9-19/h12,17H,4-11H2,1-3H3. The lowest BCUT2D eigenvalue weighted by Gasteiger charge is -2.29. The summed E-state index contributed by atoms with van der Waals surface area (Å²) in [6.07, 6.45) is 4.13. The van der Waals surface area contributed by atoms with Gasteiger partial charge in [0.1, 0.15) is 0 Å². The third kappa shape index (κ3) is 4.06. The molecule has 2 heterocycles. The van der Waals surface area contributed by atoms with Crippen LogP contribution in [0.5, 0.6) is 0 Å². The van der Waals surface area contributed by atoms with Crippen molar-refractivity contribution in [3.05, 3.63) is 15.9 Å². The minimum atomic E-state index is 0.514. The summed E-state index contributed by atoms with van der Waals surface area (Å²) in [7, 11) is 0. The number of aromatic nitrogens is 2. The van der Waals surface area contributed by atoms with Crippen molar-refractivity contribution in [3.63, 3.8) is 0 Å². The molecule has 4 nitrogen and oxygen atoms in total. The fourth-order valence-electron chi connectivity index (χ4n) is 2.90. The van der Waals surface area contributed by atoms with Crippen LogP contribution in [0.3, 0.4) is 0 Å². The Hall–Kier alpha value is -0.390. The molecule has 0 aliphatic carbocycles. The second-order valence-corrected chi connectivity index (χ2v) is 6.60. The maximum absolute atomic E-state index is 4.54. The second kappa shape index (κ2) is 7.57. The largest absolute Gasteiger partial charge is 0.307 e. The van der Waals surface area contributed by atoms with Crippen LogP contribution in [0.2, 0.25) is 0 Å². The van der Waals surface area contributed by atoms with E-state index in [1.165, 1.54) is 38.0 Å². The first kappa shape index (κ1) is 16.0. The van der Waals surface area contributed by atoms with E-state index in [1.807, 2.05) is 0 Å². The summed E-state index contributed by atoms with van der Waals surface area (Å²) in [5, 5.41) is 8.18. The van der Waals surface area contributed by atoms with E-state index in [-0.39, 0.29) is 0 Å². The fraction of sp³-hybridized carbons (Fsp3) is 0.800. The summed E-state index contributed by atoms with van der Waals surface area (Å²) in [6.45, 7) is 12.0. The second-order valence-electron chi connectivity index (χ2n) is 5.81. The number of hydrogen-bond donors (Lipinski definition) is 1. The van der Waals surface area contributed by atoms with Gasteiger partial charge in [-0.1, -0.05) is 6.42 Å². The van der Waals surface area contributed by atoms with Crippen LogP contribution in [0, 0.1) is 6.92 Å². The molecule has 5 heteroatoms. The van der Waals surface area contributed by atoms with Gasteiger partial charge in [0.15, 0.2) is 0 Å². The summed E-state index contributed by atoms with van der Waals surface area (Å²) < 4.78 is 3.23. The van der Waals surface area contributed by atoms with Gasteiger partial charge in [0.2, 0.25) is 0 Å². The highest BCUT2D eigenvalue weighted by Crippen LogP contribution is 2.21. The normalized spacial score (nSPS) is 18.4. The van der Waals surface area contributed by atoms with E-state index in [4.69, 9.17) is 0 Å². The summed E-state index contributed by atoms with van der Waals surface area (Å²) >= 11 is 3.66. The average Bonchev–Trinajstić information content (AvgIpc) is 2.73. The van der Waals surface area contributed by atoms with Crippen LogP contribution in [-0.4, -0.2) is 40.4 Å². The Morgan fingerprint density at radius 1 is 1.30 bits per heavy atom. The smallest absolute Gasteiger partial charge is 0.0739 e. The maximum atomic E-state index is 4.54. The zero-order chi connectivity index (χ0) is 14.5. The van der Waals surface area contributed by atoms with Crippen LogP contribution in [0.1, 0.15) is 44.5 Å². The van der Waals surface area contributed by atoms with Gasteiger partial charge < -0.3 is 10.2 Å². The van der Waals surface area contributed by atoms with Gasteiger partial charge >= 0.3 is 0 Å². The molecule has 2 rings (SSSR count). The lowest BCUT2D eigenvalue weighted by molar-refractivity contribution is 0.208. The van der Waals surface area contributed by atoms with Crippen molar-refractivity contribution in [2.75, 3.05) is 19.6 Å². The van der Waals surface area contributed by atoms with Crippen molar-refractivity contribution in [1.82, 2.24) is 20.0 Å². The van der Waals surface area contributed by atoms with Crippen LogP contribution < -0.4 is 5.32 Å². The quantitative estimate of drug-likeness (QED) is 0.862. The van der Waals surface area contributed by atoms with Crippen molar-refractivity contribution in [1.29, 1.82) is 0 Å². The molecular weight excluding hydrogens is 316 g/mol. The monoisotopic (exact) mass is 342 g/mol. The van der Waals surface area contributed by atoms with Crippen molar-refractivity contribution < 1.29 is 0 Å². The lowest BCUT2D eigenvalue weighted by Crippen LogP contribution is -2.41. The van der Waals surface area contributed by atoms with Crippen molar-refractivity contribution in [2.24, 2.45) is 0 Å². The van der Waals surface area contributed by atoms with E-state index < -0.39 is 0 Å². The molecule has 0 amide bonds. The molecular formula is C15H27BrN4. The van der Waals surface area contributed by atoms with Crippen LogP contribution in [0.25, 0.3) is 0 Å². The average molecular weight is 343 g/mol. The van der Waals surface area contributed by atoms with Gasteiger partial charge in [0, 0.05) is 25.7 Å². The van der Waals surface area contributed by atoms with Gasteiger partial charge in [-0.05, 0) is 62.6 Å². The van der Waals surface area contributed by atoms with Gasteiger partial charge in [-0.3, -0.25) is 4.68 Å². The Morgan fingerprint density at radius 3 is 2.65 bits per heavy atom. The fourth-order valence-corrected chi connectivity index (χ4v) is 3.33. The Bertz CT molecular complexity index is 424. The van der Waals surface area contributed by atoms with E-state index in [1.54, 1.807) is 0 Å². The number of nitrogens with zero attached hydrogens (tertiary/aromatic N) is 3. The number of aryl methyl sites for hydroxylation is 2. The minimum Gasteiger partial charge on any atom is -0.307 e. The molecule has 114 valence electrons. The highest BCUT2D eigenvalue weighted by molar-refractivity contribution is 9.10. The zero-order valence-corrected chi connectivity index (χ0v) is 14.5. The predicted octanol–water partition coefficient (Wildman–Crippen LogP) is 2.94. The number of rotatable bonds is 6. The van der Waals surface area contributed by atoms with Gasteiger partial charge in [-0.15, -0.1) is 0 Å². The number of likely N-dealkylation sites (tertiary alicyclic amines) is 1. The Balaban J connectivity index is 1.84. The minimum absolute atomic E-state index is 0.514. The van der Waals surface area contributed by atoms with E-state index in [9.17, 15) is 0 Å². The van der Waals surface area contributed by atoms with Crippen LogP contribution in [-0.2, 0) is 13.1 Å². The topological polar surface area (TPSA) is 33.1 Å². The zero-order valence-electron chi connectivity index (χ0n) is 13.0. The molecule has 1 aromatic rings. The molecule has 0 spiro atoms. The van der Waals surface area contributed by atoms with Gasteiger partial charge in [-0.2, -0.15) is 5.10 Å². The Kier molecular flexibility index (Phi) is 6.05. The number of hydrogen-bond acceptors (Lipinski definition) is 3. The van der Waals surface area contributed by atoms with Crippen molar-refractivity contribution in [3.8, 4) is 0 Å². The molecule has 20 heavy (non-hydrogen) atoms. The van der Waals surface area contributed by atoms with E-state index in [0.717, 1.165) is 29.8 Å². The summed E-state index contributed by atoms with van der Waals surface area (Å²) in [5.41, 5.74) is 2.34. The molecule has 1 N–H and O–H groups in total. The Labute approximate surface area is 131 Å². The molecule has 1 aromatic heterocycles. The summed E-state index contributed by atoms with van der Waals surface area (Å²) in [6, 6.07) is 0.514. The molecule has 0 radical (unpaired) electrons. The molecule has 0 bridgehead atoms. The first-order chi connectivity index (χ1) is 9.61. The molecule has 1 aliphatic rings. The molecule has 1 aliphatic heterocycles. The summed E-state index contributed by atoms with van der Waals surface area (Å²) in [4.78, 5) is 2.58. The SMILES string of the molecule is CCn1nc(C)c(Br)c1CNC(C)CN1CCCCC1. The predicted molar refractivity (Wildman–Crippen MR) is 86.9 cm³/mol. The highest BCUT2D eigenvalue weighted by atomic mass is 79.9. The molecule has 1 atom stereocenters. The molecule has 1 fully saturated rings. The van der Waals surface area contributed by atoms with Crippen LogP contribution in [0.15, 0.2) is 4.47 Å². The molecule has 0 aromatic carbocycles. The van der Waals surface area contributed by atoms with Crippen molar-refractivity contribution in [2.45, 2.75) is 59.2 Å². The van der Waals surface area contributed by atoms with E-state index in [0.29, 0.717) is 6.04 Å². The molecule has 1 unspecified atom stereocenters. The maximum Gasteiger partial charge on any atom is 0.0739 e. The molecule has 1 saturated heterocycles. The number of piperidine rings is 1. The Morgan fingerprint density at radius 2 is 2.00 bits per heavy atom. The first-order valence-electron chi connectivity index (χ1n) is 7.79. The van der Waals surface area contributed by atoms with Gasteiger partial charge in [0.25, 0.3) is 0 Å². The third-order valence-corrected chi connectivity index (χ3v) is 5.08. The number of nitrogens with one attached hydrogen (secondary N) is 1. The summed E-state index contributed by atoms with van der Waals surface area (Å²) in [5.74, 6) is 0. The molecule has 0 saturated carbocycles. The number of halogens is 1. The highest BCUT2D eigenvalue weighted by Gasteiger charge is 2.15. The third-order valence-electron chi connectivity index (χ3n) is 4.05. The first-order valence-corrected chi connectivity index (χ1v) is 8.58. The van der Waals surface area contributed by atoms with Crippen molar-refractivity contribution >= 4 is 15.9 Å². The van der Waals surface area contributed by atoms with Crippen LogP contribution in [0.4, 0.5) is 0 Å².